The lowest BCUT2D eigenvalue weighted by atomic mass is 10.00. The van der Waals surface area contributed by atoms with Crippen LogP contribution in [0.4, 0.5) is 5.69 Å². The minimum Gasteiger partial charge on any atom is -0.303 e. The normalized spacial score (nSPS) is 22.8. The fraction of sp³-hybridized carbons (Fsp3) is 0.500. The van der Waals surface area contributed by atoms with Crippen LogP contribution >= 0.6 is 11.6 Å². The number of halogens is 1. The summed E-state index contributed by atoms with van der Waals surface area (Å²) in [5, 5.41) is 0.476. The maximum absolute atomic E-state index is 12.2. The number of hydrogen-bond acceptors (Lipinski definition) is 3. The van der Waals surface area contributed by atoms with Crippen molar-refractivity contribution in [1.29, 1.82) is 0 Å². The van der Waals surface area contributed by atoms with Crippen LogP contribution < -0.4 is 4.90 Å². The van der Waals surface area contributed by atoms with Crippen LogP contribution in [0.25, 0.3) is 0 Å². The number of rotatable bonds is 3. The zero-order chi connectivity index (χ0) is 15.0. The first-order valence-corrected chi connectivity index (χ1v) is 7.82. The number of amides is 1. The van der Waals surface area contributed by atoms with E-state index in [1.165, 1.54) is 12.8 Å². The SMILES string of the molecule is CN1CCCCC1CCN1C(=O)C(=O)c2cccc(Cl)c21. The lowest BCUT2D eigenvalue weighted by Gasteiger charge is -2.33. The van der Waals surface area contributed by atoms with Gasteiger partial charge in [0.25, 0.3) is 11.7 Å². The Morgan fingerprint density at radius 3 is 2.86 bits per heavy atom. The predicted molar refractivity (Wildman–Crippen MR) is 83.0 cm³/mol. The minimum atomic E-state index is -0.448. The summed E-state index contributed by atoms with van der Waals surface area (Å²) < 4.78 is 0. The van der Waals surface area contributed by atoms with Crippen LogP contribution in [0.15, 0.2) is 18.2 Å². The summed E-state index contributed by atoms with van der Waals surface area (Å²) in [6.07, 6.45) is 4.50. The molecule has 1 fully saturated rings. The number of carbonyl (C=O) groups excluding carboxylic acids is 2. The Labute approximate surface area is 129 Å². The monoisotopic (exact) mass is 306 g/mol. The van der Waals surface area contributed by atoms with Gasteiger partial charge in [0.1, 0.15) is 0 Å². The zero-order valence-electron chi connectivity index (χ0n) is 12.1. The third kappa shape index (κ3) is 2.58. The second-order valence-corrected chi connectivity index (χ2v) is 6.25. The molecule has 1 saturated heterocycles. The van der Waals surface area contributed by atoms with Crippen LogP contribution in [0.2, 0.25) is 5.02 Å². The molecule has 3 rings (SSSR count). The highest BCUT2D eigenvalue weighted by Crippen LogP contribution is 2.36. The molecule has 0 bridgehead atoms. The van der Waals surface area contributed by atoms with Crippen LogP contribution in [0, 0.1) is 0 Å². The van der Waals surface area contributed by atoms with Crippen LogP contribution in [0.3, 0.4) is 0 Å². The molecule has 1 amide bonds. The van der Waals surface area contributed by atoms with E-state index in [2.05, 4.69) is 11.9 Å². The van der Waals surface area contributed by atoms with Crippen LogP contribution in [-0.2, 0) is 4.79 Å². The molecule has 1 unspecified atom stereocenters. The number of likely N-dealkylation sites (tertiary alicyclic amines) is 1. The molecule has 1 aromatic rings. The van der Waals surface area contributed by atoms with Crippen LogP contribution in [0.5, 0.6) is 0 Å². The highest BCUT2D eigenvalue weighted by atomic mass is 35.5. The second kappa shape index (κ2) is 5.78. The smallest absolute Gasteiger partial charge is 0.299 e. The van der Waals surface area contributed by atoms with Gasteiger partial charge in [0.2, 0.25) is 0 Å². The van der Waals surface area contributed by atoms with E-state index in [1.54, 1.807) is 23.1 Å². The Bertz CT molecular complexity index is 588. The van der Waals surface area contributed by atoms with E-state index in [-0.39, 0.29) is 0 Å². The quantitative estimate of drug-likeness (QED) is 0.806. The van der Waals surface area contributed by atoms with Crippen molar-refractivity contribution in [1.82, 2.24) is 4.90 Å². The van der Waals surface area contributed by atoms with E-state index in [1.807, 2.05) is 0 Å². The molecule has 112 valence electrons. The van der Waals surface area contributed by atoms with E-state index < -0.39 is 11.7 Å². The van der Waals surface area contributed by atoms with Gasteiger partial charge in [-0.05, 0) is 45.0 Å². The van der Waals surface area contributed by atoms with E-state index in [9.17, 15) is 9.59 Å². The number of Topliss-reactive ketones (excluding diaryl/α,β-unsaturated/α-hetero) is 1. The standard InChI is InChI=1S/C16H19ClN2O2/c1-18-9-3-2-5-11(18)8-10-19-14-12(15(20)16(19)21)6-4-7-13(14)17/h4,6-7,11H,2-3,5,8-10H2,1H3. The number of anilines is 1. The molecule has 2 heterocycles. The maximum atomic E-state index is 12.2. The highest BCUT2D eigenvalue weighted by Gasteiger charge is 2.37. The molecule has 4 nitrogen and oxygen atoms in total. The Morgan fingerprint density at radius 2 is 2.10 bits per heavy atom. The Kier molecular flexibility index (Phi) is 4.00. The lowest BCUT2D eigenvalue weighted by molar-refractivity contribution is -0.114. The fourth-order valence-corrected chi connectivity index (χ4v) is 3.59. The summed E-state index contributed by atoms with van der Waals surface area (Å²) >= 11 is 6.19. The summed E-state index contributed by atoms with van der Waals surface area (Å²) in [4.78, 5) is 28.1. The first-order chi connectivity index (χ1) is 10.1. The number of carbonyl (C=O) groups is 2. The van der Waals surface area contributed by atoms with Crippen LogP contribution in [-0.4, -0.2) is 42.8 Å². The van der Waals surface area contributed by atoms with Crippen molar-refractivity contribution >= 4 is 29.0 Å². The van der Waals surface area contributed by atoms with Crippen molar-refractivity contribution in [3.8, 4) is 0 Å². The summed E-state index contributed by atoms with van der Waals surface area (Å²) in [7, 11) is 2.13. The molecule has 1 atom stereocenters. The van der Waals surface area contributed by atoms with Crippen molar-refractivity contribution in [2.45, 2.75) is 31.7 Å². The second-order valence-electron chi connectivity index (χ2n) is 5.84. The van der Waals surface area contributed by atoms with Gasteiger partial charge in [0, 0.05) is 12.6 Å². The van der Waals surface area contributed by atoms with E-state index in [0.717, 1.165) is 19.4 Å². The molecular formula is C16H19ClN2O2. The number of benzene rings is 1. The summed E-state index contributed by atoms with van der Waals surface area (Å²) in [6, 6.07) is 5.60. The summed E-state index contributed by atoms with van der Waals surface area (Å²) in [6.45, 7) is 1.66. The van der Waals surface area contributed by atoms with E-state index in [4.69, 9.17) is 11.6 Å². The third-order valence-corrected chi connectivity index (χ3v) is 4.85. The van der Waals surface area contributed by atoms with E-state index >= 15 is 0 Å². The Hall–Kier alpha value is -1.39. The van der Waals surface area contributed by atoms with Gasteiger partial charge in [-0.25, -0.2) is 0 Å². The molecule has 0 saturated carbocycles. The van der Waals surface area contributed by atoms with Gasteiger partial charge in [0.15, 0.2) is 0 Å². The molecule has 0 aliphatic carbocycles. The van der Waals surface area contributed by atoms with Gasteiger partial charge in [-0.3, -0.25) is 9.59 Å². The summed E-state index contributed by atoms with van der Waals surface area (Å²) in [5.41, 5.74) is 1.03. The number of nitrogens with zero attached hydrogens (tertiary/aromatic N) is 2. The van der Waals surface area contributed by atoms with Crippen LogP contribution in [0.1, 0.15) is 36.0 Å². The first kappa shape index (κ1) is 14.5. The number of ketones is 1. The summed E-state index contributed by atoms with van der Waals surface area (Å²) in [5.74, 6) is -0.888. The van der Waals surface area contributed by atoms with Gasteiger partial charge < -0.3 is 9.80 Å². The Balaban J connectivity index is 1.77. The largest absolute Gasteiger partial charge is 0.303 e. The Morgan fingerprint density at radius 1 is 1.29 bits per heavy atom. The van der Waals surface area contributed by atoms with Gasteiger partial charge in [-0.1, -0.05) is 24.1 Å². The number of para-hydroxylation sites is 1. The van der Waals surface area contributed by atoms with Crippen molar-refractivity contribution in [2.75, 3.05) is 25.0 Å². The molecule has 0 aromatic heterocycles. The van der Waals surface area contributed by atoms with Crippen molar-refractivity contribution in [2.24, 2.45) is 0 Å². The fourth-order valence-electron chi connectivity index (χ4n) is 3.31. The molecule has 0 N–H and O–H groups in total. The van der Waals surface area contributed by atoms with Gasteiger partial charge in [0.05, 0.1) is 16.3 Å². The number of hydrogen-bond donors (Lipinski definition) is 0. The number of fused-ring (bicyclic) bond motifs is 1. The molecular weight excluding hydrogens is 288 g/mol. The average molecular weight is 307 g/mol. The predicted octanol–water partition coefficient (Wildman–Crippen LogP) is 2.74. The molecule has 2 aliphatic heterocycles. The average Bonchev–Trinajstić information content (AvgIpc) is 2.72. The molecule has 0 radical (unpaired) electrons. The lowest BCUT2D eigenvalue weighted by Crippen LogP contribution is -2.40. The van der Waals surface area contributed by atoms with Crippen molar-refractivity contribution in [3.63, 3.8) is 0 Å². The number of piperidine rings is 1. The third-order valence-electron chi connectivity index (χ3n) is 4.55. The van der Waals surface area contributed by atoms with Gasteiger partial charge in [-0.2, -0.15) is 0 Å². The molecule has 1 aromatic carbocycles. The highest BCUT2D eigenvalue weighted by molar-refractivity contribution is 6.54. The van der Waals surface area contributed by atoms with Gasteiger partial charge >= 0.3 is 0 Å². The topological polar surface area (TPSA) is 40.6 Å². The zero-order valence-corrected chi connectivity index (χ0v) is 12.9. The molecule has 21 heavy (non-hydrogen) atoms. The first-order valence-electron chi connectivity index (χ1n) is 7.44. The molecule has 5 heteroatoms. The molecule has 2 aliphatic rings. The van der Waals surface area contributed by atoms with E-state index in [0.29, 0.717) is 28.9 Å². The van der Waals surface area contributed by atoms with Crippen molar-refractivity contribution in [3.05, 3.63) is 28.8 Å². The minimum absolute atomic E-state index is 0.435. The maximum Gasteiger partial charge on any atom is 0.299 e. The van der Waals surface area contributed by atoms with Gasteiger partial charge in [-0.15, -0.1) is 0 Å². The molecule has 0 spiro atoms. The van der Waals surface area contributed by atoms with Crippen molar-refractivity contribution < 1.29 is 9.59 Å².